The second-order valence-corrected chi connectivity index (χ2v) is 3.72. The second kappa shape index (κ2) is 5.23. The molecule has 0 radical (unpaired) electrons. The van der Waals surface area contributed by atoms with Gasteiger partial charge in [-0.05, 0) is 13.8 Å². The first kappa shape index (κ1) is 12.0. The van der Waals surface area contributed by atoms with Crippen molar-refractivity contribution in [3.63, 3.8) is 0 Å². The smallest absolute Gasteiger partial charge is 0.252 e. The number of aryl methyl sites for hydroxylation is 1. The van der Waals surface area contributed by atoms with Crippen molar-refractivity contribution in [3.8, 4) is 6.07 Å². The summed E-state index contributed by atoms with van der Waals surface area (Å²) in [6, 6.07) is 3.76. The van der Waals surface area contributed by atoms with Gasteiger partial charge in [-0.1, -0.05) is 0 Å². The molecular weight excluding hydrogens is 230 g/mol. The molecule has 0 unspecified atom stereocenters. The van der Waals surface area contributed by atoms with E-state index in [9.17, 15) is 0 Å². The molecule has 7 nitrogen and oxygen atoms in total. The van der Waals surface area contributed by atoms with E-state index in [0.717, 1.165) is 18.1 Å². The summed E-state index contributed by atoms with van der Waals surface area (Å²) in [6.07, 6.45) is 1.50. The van der Waals surface area contributed by atoms with E-state index in [4.69, 9.17) is 5.26 Å². The molecular formula is C11H13N7. The average molecular weight is 243 g/mol. The Hall–Kier alpha value is -2.49. The van der Waals surface area contributed by atoms with Crippen LogP contribution >= 0.6 is 0 Å². The molecule has 0 fully saturated rings. The zero-order valence-corrected chi connectivity index (χ0v) is 10.3. The molecule has 92 valence electrons. The number of hydrogen-bond donors (Lipinski definition) is 1. The molecule has 0 amide bonds. The maximum atomic E-state index is 8.65. The summed E-state index contributed by atoms with van der Waals surface area (Å²) < 4.78 is 1.54. The highest BCUT2D eigenvalue weighted by Crippen LogP contribution is 2.06. The number of anilines is 1. The van der Waals surface area contributed by atoms with Crippen molar-refractivity contribution in [1.29, 1.82) is 5.26 Å². The van der Waals surface area contributed by atoms with Crippen LogP contribution in [0.5, 0.6) is 0 Å². The lowest BCUT2D eigenvalue weighted by molar-refractivity contribution is 0.649. The molecule has 0 spiro atoms. The van der Waals surface area contributed by atoms with E-state index in [0.29, 0.717) is 12.4 Å². The Kier molecular flexibility index (Phi) is 3.48. The minimum atomic E-state index is 0.148. The van der Waals surface area contributed by atoms with E-state index in [1.54, 1.807) is 4.68 Å². The summed E-state index contributed by atoms with van der Waals surface area (Å²) in [5, 5.41) is 15.8. The molecule has 2 heterocycles. The van der Waals surface area contributed by atoms with Gasteiger partial charge in [0, 0.05) is 18.3 Å². The summed E-state index contributed by atoms with van der Waals surface area (Å²) in [5.74, 6) is 1.58. The molecule has 0 aliphatic rings. The van der Waals surface area contributed by atoms with Crippen LogP contribution in [0.3, 0.4) is 0 Å². The van der Waals surface area contributed by atoms with Crippen molar-refractivity contribution in [2.24, 2.45) is 0 Å². The highest BCUT2D eigenvalue weighted by molar-refractivity contribution is 5.35. The lowest BCUT2D eigenvalue weighted by Crippen LogP contribution is -2.09. The van der Waals surface area contributed by atoms with E-state index in [2.05, 4.69) is 25.4 Å². The zero-order valence-electron chi connectivity index (χ0n) is 10.3. The van der Waals surface area contributed by atoms with Gasteiger partial charge in [0.1, 0.15) is 24.8 Å². The first-order valence-electron chi connectivity index (χ1n) is 5.59. The predicted octanol–water partition coefficient (Wildman–Crippen LogP) is 0.728. The number of hydrogen-bond acceptors (Lipinski definition) is 6. The monoisotopic (exact) mass is 243 g/mol. The Bertz CT molecular complexity index is 581. The van der Waals surface area contributed by atoms with Crippen LogP contribution in [0.25, 0.3) is 0 Å². The van der Waals surface area contributed by atoms with Crippen molar-refractivity contribution < 1.29 is 0 Å². The molecule has 0 bridgehead atoms. The molecule has 18 heavy (non-hydrogen) atoms. The maximum absolute atomic E-state index is 8.65. The van der Waals surface area contributed by atoms with Crippen LogP contribution in [0.4, 0.5) is 5.82 Å². The van der Waals surface area contributed by atoms with Gasteiger partial charge < -0.3 is 5.32 Å². The Labute approximate surface area is 105 Å². The number of nitrogens with zero attached hydrogens (tertiary/aromatic N) is 6. The minimum absolute atomic E-state index is 0.148. The summed E-state index contributed by atoms with van der Waals surface area (Å²) >= 11 is 0. The largest absolute Gasteiger partial charge is 0.370 e. The van der Waals surface area contributed by atoms with Gasteiger partial charge in [-0.25, -0.2) is 19.6 Å². The quantitative estimate of drug-likeness (QED) is 0.850. The van der Waals surface area contributed by atoms with Gasteiger partial charge in [0.2, 0.25) is 0 Å². The molecule has 2 rings (SSSR count). The highest BCUT2D eigenvalue weighted by atomic mass is 15.3. The van der Waals surface area contributed by atoms with Crippen LogP contribution in [0, 0.1) is 18.3 Å². The first-order valence-corrected chi connectivity index (χ1v) is 5.59. The molecule has 2 aromatic heterocycles. The number of nitriles is 1. The van der Waals surface area contributed by atoms with Gasteiger partial charge >= 0.3 is 0 Å². The summed E-state index contributed by atoms with van der Waals surface area (Å²) in [5.41, 5.74) is 0.886. The molecule has 0 aliphatic carbocycles. The van der Waals surface area contributed by atoms with E-state index in [1.165, 1.54) is 6.33 Å². The van der Waals surface area contributed by atoms with Crippen LogP contribution in [-0.2, 0) is 6.54 Å². The molecule has 0 aromatic carbocycles. The van der Waals surface area contributed by atoms with Crippen molar-refractivity contribution in [1.82, 2.24) is 24.7 Å². The van der Waals surface area contributed by atoms with E-state index in [1.807, 2.05) is 26.0 Å². The van der Waals surface area contributed by atoms with Crippen LogP contribution in [-0.4, -0.2) is 31.3 Å². The third kappa shape index (κ3) is 2.79. The van der Waals surface area contributed by atoms with Gasteiger partial charge in [-0.15, -0.1) is 5.10 Å². The van der Waals surface area contributed by atoms with Gasteiger partial charge in [0.15, 0.2) is 5.82 Å². The van der Waals surface area contributed by atoms with E-state index >= 15 is 0 Å². The lowest BCUT2D eigenvalue weighted by Gasteiger charge is -2.06. The normalized spacial score (nSPS) is 10.1. The van der Waals surface area contributed by atoms with Crippen molar-refractivity contribution >= 4 is 5.82 Å². The minimum Gasteiger partial charge on any atom is -0.370 e. The summed E-state index contributed by atoms with van der Waals surface area (Å²) in [7, 11) is 0. The molecule has 7 heteroatoms. The van der Waals surface area contributed by atoms with Gasteiger partial charge in [0.05, 0.1) is 0 Å². The Morgan fingerprint density at radius 3 is 2.94 bits per heavy atom. The Morgan fingerprint density at radius 1 is 1.44 bits per heavy atom. The number of rotatable bonds is 4. The topological polar surface area (TPSA) is 92.3 Å². The Balaban J connectivity index is 2.20. The number of aromatic nitrogens is 5. The Morgan fingerprint density at radius 2 is 2.28 bits per heavy atom. The fraction of sp³-hybridized carbons (Fsp3) is 0.364. The summed E-state index contributed by atoms with van der Waals surface area (Å²) in [4.78, 5) is 12.5. The highest BCUT2D eigenvalue weighted by Gasteiger charge is 2.05. The van der Waals surface area contributed by atoms with Crippen molar-refractivity contribution in [2.75, 3.05) is 11.9 Å². The number of nitrogens with one attached hydrogen (secondary N) is 1. The second-order valence-electron chi connectivity index (χ2n) is 3.72. The zero-order chi connectivity index (χ0) is 13.0. The lowest BCUT2D eigenvalue weighted by atomic mass is 10.4. The standard InChI is InChI=1S/C11H13N7/c1-3-13-9-4-8(2)15-11(16-9)6-18-7-14-10(5-12)17-18/h4,7H,3,6H2,1-2H3,(H,13,15,16). The van der Waals surface area contributed by atoms with Gasteiger partial charge in [0.25, 0.3) is 5.82 Å². The molecule has 0 atom stereocenters. The fourth-order valence-corrected chi connectivity index (χ4v) is 1.54. The molecule has 0 saturated carbocycles. The first-order chi connectivity index (χ1) is 8.71. The molecule has 0 aliphatic heterocycles. The van der Waals surface area contributed by atoms with Crippen LogP contribution < -0.4 is 5.32 Å². The van der Waals surface area contributed by atoms with Crippen LogP contribution in [0.15, 0.2) is 12.4 Å². The maximum Gasteiger partial charge on any atom is 0.252 e. The third-order valence-electron chi connectivity index (χ3n) is 2.20. The van der Waals surface area contributed by atoms with Crippen LogP contribution in [0.1, 0.15) is 24.3 Å². The SMILES string of the molecule is CCNc1cc(C)nc(Cn2cnc(C#N)n2)n1. The van der Waals surface area contributed by atoms with Crippen molar-refractivity contribution in [2.45, 2.75) is 20.4 Å². The van der Waals surface area contributed by atoms with Gasteiger partial charge in [-0.3, -0.25) is 0 Å². The predicted molar refractivity (Wildman–Crippen MR) is 64.8 cm³/mol. The average Bonchev–Trinajstić information content (AvgIpc) is 2.76. The van der Waals surface area contributed by atoms with E-state index in [-0.39, 0.29) is 5.82 Å². The molecule has 2 aromatic rings. The van der Waals surface area contributed by atoms with Gasteiger partial charge in [-0.2, -0.15) is 5.26 Å². The van der Waals surface area contributed by atoms with Crippen molar-refractivity contribution in [3.05, 3.63) is 29.7 Å². The van der Waals surface area contributed by atoms with E-state index < -0.39 is 0 Å². The third-order valence-corrected chi connectivity index (χ3v) is 2.20. The fourth-order valence-electron chi connectivity index (χ4n) is 1.54. The molecule has 1 N–H and O–H groups in total. The molecule has 0 saturated heterocycles. The van der Waals surface area contributed by atoms with Crippen LogP contribution in [0.2, 0.25) is 0 Å². The summed E-state index contributed by atoms with van der Waals surface area (Å²) in [6.45, 7) is 5.12.